The monoisotopic (exact) mass is 230 g/mol. The fourth-order valence-electron chi connectivity index (χ4n) is 1.44. The second kappa shape index (κ2) is 4.81. The van der Waals surface area contributed by atoms with E-state index in [4.69, 9.17) is 0 Å². The van der Waals surface area contributed by atoms with Gasteiger partial charge in [-0.1, -0.05) is 0 Å². The van der Waals surface area contributed by atoms with E-state index in [0.717, 1.165) is 5.69 Å². The van der Waals surface area contributed by atoms with E-state index in [0.29, 0.717) is 6.54 Å². The van der Waals surface area contributed by atoms with E-state index in [2.05, 4.69) is 5.32 Å². The molecule has 4 nitrogen and oxygen atoms in total. The molecule has 1 N–H and O–H groups in total. The van der Waals surface area contributed by atoms with Gasteiger partial charge >= 0.3 is 0 Å². The first kappa shape index (κ1) is 12.3. The lowest BCUT2D eigenvalue weighted by Crippen LogP contribution is -2.19. The van der Waals surface area contributed by atoms with Crippen LogP contribution in [0.3, 0.4) is 0 Å². The van der Waals surface area contributed by atoms with Crippen molar-refractivity contribution in [2.24, 2.45) is 0 Å². The molecule has 0 fully saturated rings. The standard InChI is InChI=1S/C10H18N2O2S/c1-9(11-2)10-5-4-6-12(10)7-8-15(3,13)14/h4-6,9,11H,7-8H2,1-3H3. The molecule has 0 saturated heterocycles. The Labute approximate surface area is 91.2 Å². The minimum atomic E-state index is -2.89. The van der Waals surface area contributed by atoms with Crippen LogP contribution in [0.1, 0.15) is 18.7 Å². The van der Waals surface area contributed by atoms with Crippen LogP contribution in [0.4, 0.5) is 0 Å². The van der Waals surface area contributed by atoms with E-state index >= 15 is 0 Å². The Morgan fingerprint density at radius 3 is 2.73 bits per heavy atom. The Kier molecular flexibility index (Phi) is 3.93. The molecule has 0 aliphatic heterocycles. The molecule has 15 heavy (non-hydrogen) atoms. The number of hydrogen-bond donors (Lipinski definition) is 1. The lowest BCUT2D eigenvalue weighted by atomic mass is 10.2. The lowest BCUT2D eigenvalue weighted by molar-refractivity contribution is 0.569. The quantitative estimate of drug-likeness (QED) is 0.814. The Hall–Kier alpha value is -0.810. The van der Waals surface area contributed by atoms with Gasteiger partial charge in [-0.25, -0.2) is 8.42 Å². The first-order chi connectivity index (χ1) is 6.94. The highest BCUT2D eigenvalue weighted by Crippen LogP contribution is 2.12. The summed E-state index contributed by atoms with van der Waals surface area (Å²) < 4.78 is 24.1. The molecule has 0 aliphatic rings. The van der Waals surface area contributed by atoms with Crippen LogP contribution < -0.4 is 5.32 Å². The van der Waals surface area contributed by atoms with Gasteiger partial charge in [0.1, 0.15) is 9.84 Å². The van der Waals surface area contributed by atoms with Gasteiger partial charge in [0.15, 0.2) is 0 Å². The fraction of sp³-hybridized carbons (Fsp3) is 0.600. The summed E-state index contributed by atoms with van der Waals surface area (Å²) in [7, 11) is -1.00. The summed E-state index contributed by atoms with van der Waals surface area (Å²) in [5, 5.41) is 3.13. The van der Waals surface area contributed by atoms with Crippen LogP contribution >= 0.6 is 0 Å². The number of hydrogen-bond acceptors (Lipinski definition) is 3. The molecule has 1 aromatic heterocycles. The van der Waals surface area contributed by atoms with Gasteiger partial charge in [0.05, 0.1) is 5.75 Å². The predicted molar refractivity (Wildman–Crippen MR) is 61.6 cm³/mol. The zero-order chi connectivity index (χ0) is 11.5. The normalized spacial score (nSPS) is 14.1. The molecular weight excluding hydrogens is 212 g/mol. The van der Waals surface area contributed by atoms with E-state index in [1.807, 2.05) is 36.9 Å². The molecule has 5 heteroatoms. The summed E-state index contributed by atoms with van der Waals surface area (Å²) in [6, 6.07) is 4.18. The second-order valence-corrected chi connectivity index (χ2v) is 6.03. The van der Waals surface area contributed by atoms with Crippen molar-refractivity contribution in [1.29, 1.82) is 0 Å². The summed E-state index contributed by atoms with van der Waals surface area (Å²) in [6.45, 7) is 2.57. The molecule has 0 aliphatic carbocycles. The van der Waals surface area contributed by atoms with Gasteiger partial charge in [-0.2, -0.15) is 0 Å². The molecule has 1 unspecified atom stereocenters. The number of sulfone groups is 1. The maximum atomic E-state index is 11.0. The van der Waals surface area contributed by atoms with E-state index in [1.54, 1.807) is 0 Å². The zero-order valence-electron chi connectivity index (χ0n) is 9.40. The summed E-state index contributed by atoms with van der Waals surface area (Å²) in [4.78, 5) is 0. The van der Waals surface area contributed by atoms with Gasteiger partial charge in [-0.3, -0.25) is 0 Å². The van der Waals surface area contributed by atoms with Crippen molar-refractivity contribution >= 4 is 9.84 Å². The number of nitrogens with one attached hydrogen (secondary N) is 1. The third-order valence-electron chi connectivity index (χ3n) is 2.44. The first-order valence-corrected chi connectivity index (χ1v) is 7.00. The molecule has 1 aromatic rings. The number of nitrogens with zero attached hydrogens (tertiary/aromatic N) is 1. The predicted octanol–water partition coefficient (Wildman–Crippen LogP) is 0.813. The molecule has 86 valence electrons. The van der Waals surface area contributed by atoms with Crippen LogP contribution in [0.2, 0.25) is 0 Å². The maximum Gasteiger partial charge on any atom is 0.149 e. The largest absolute Gasteiger partial charge is 0.349 e. The highest BCUT2D eigenvalue weighted by Gasteiger charge is 2.09. The zero-order valence-corrected chi connectivity index (χ0v) is 10.2. The van der Waals surface area contributed by atoms with E-state index in [9.17, 15) is 8.42 Å². The number of rotatable bonds is 5. The Bertz CT molecular complexity index is 409. The molecule has 0 amide bonds. The van der Waals surface area contributed by atoms with Gasteiger partial charge in [0.2, 0.25) is 0 Å². The molecule has 1 atom stereocenters. The van der Waals surface area contributed by atoms with Crippen molar-refractivity contribution in [3.63, 3.8) is 0 Å². The summed E-state index contributed by atoms with van der Waals surface area (Å²) in [5.41, 5.74) is 1.11. The van der Waals surface area contributed by atoms with E-state index in [-0.39, 0.29) is 11.8 Å². The second-order valence-electron chi connectivity index (χ2n) is 3.77. The van der Waals surface area contributed by atoms with Gasteiger partial charge in [0.25, 0.3) is 0 Å². The topological polar surface area (TPSA) is 51.1 Å². The Morgan fingerprint density at radius 1 is 1.53 bits per heavy atom. The SMILES string of the molecule is CNC(C)c1cccn1CCS(C)(=O)=O. The van der Waals surface area contributed by atoms with E-state index < -0.39 is 9.84 Å². The number of aromatic nitrogens is 1. The lowest BCUT2D eigenvalue weighted by Gasteiger charge is -2.14. The van der Waals surface area contributed by atoms with Crippen LogP contribution in [-0.4, -0.2) is 32.0 Å². The molecule has 0 saturated carbocycles. The van der Waals surface area contributed by atoms with Gasteiger partial charge in [-0.05, 0) is 26.1 Å². The molecule has 0 spiro atoms. The average molecular weight is 230 g/mol. The maximum absolute atomic E-state index is 11.0. The van der Waals surface area contributed by atoms with Crippen LogP contribution in [0.15, 0.2) is 18.3 Å². The summed E-state index contributed by atoms with van der Waals surface area (Å²) in [6.07, 6.45) is 3.17. The minimum Gasteiger partial charge on any atom is -0.349 e. The first-order valence-electron chi connectivity index (χ1n) is 4.94. The Balaban J connectivity index is 2.74. The van der Waals surface area contributed by atoms with Crippen LogP contribution in [0.5, 0.6) is 0 Å². The highest BCUT2D eigenvalue weighted by molar-refractivity contribution is 7.90. The van der Waals surface area contributed by atoms with Crippen molar-refractivity contribution in [1.82, 2.24) is 9.88 Å². The summed E-state index contributed by atoms with van der Waals surface area (Å²) in [5.74, 6) is 0.186. The van der Waals surface area contributed by atoms with Crippen molar-refractivity contribution in [2.45, 2.75) is 19.5 Å². The van der Waals surface area contributed by atoms with Crippen LogP contribution in [0.25, 0.3) is 0 Å². The highest BCUT2D eigenvalue weighted by atomic mass is 32.2. The minimum absolute atomic E-state index is 0.186. The molecular formula is C10H18N2O2S. The van der Waals surface area contributed by atoms with Crippen molar-refractivity contribution < 1.29 is 8.42 Å². The fourth-order valence-corrected chi connectivity index (χ4v) is 1.96. The van der Waals surface area contributed by atoms with Crippen molar-refractivity contribution in [3.8, 4) is 0 Å². The van der Waals surface area contributed by atoms with Crippen LogP contribution in [-0.2, 0) is 16.4 Å². The smallest absolute Gasteiger partial charge is 0.149 e. The molecule has 0 bridgehead atoms. The third kappa shape index (κ3) is 3.68. The Morgan fingerprint density at radius 2 is 2.20 bits per heavy atom. The third-order valence-corrected chi connectivity index (χ3v) is 3.37. The van der Waals surface area contributed by atoms with Crippen molar-refractivity contribution in [2.75, 3.05) is 19.1 Å². The molecule has 0 aromatic carbocycles. The van der Waals surface area contributed by atoms with Crippen molar-refractivity contribution in [3.05, 3.63) is 24.0 Å². The summed E-state index contributed by atoms with van der Waals surface area (Å²) >= 11 is 0. The van der Waals surface area contributed by atoms with Crippen LogP contribution in [0, 0.1) is 0 Å². The molecule has 0 radical (unpaired) electrons. The van der Waals surface area contributed by atoms with E-state index in [1.165, 1.54) is 6.26 Å². The van der Waals surface area contributed by atoms with Gasteiger partial charge in [-0.15, -0.1) is 0 Å². The molecule has 1 heterocycles. The molecule has 1 rings (SSSR count). The average Bonchev–Trinajstić information content (AvgIpc) is 2.60. The van der Waals surface area contributed by atoms with Gasteiger partial charge in [0, 0.05) is 30.7 Å². The van der Waals surface area contributed by atoms with Gasteiger partial charge < -0.3 is 9.88 Å². The number of aryl methyl sites for hydroxylation is 1.